The number of hydrogen-bond acceptors (Lipinski definition) is 5. The van der Waals surface area contributed by atoms with Gasteiger partial charge in [0.05, 0.1) is 6.10 Å². The molecule has 0 N–H and O–H groups in total. The van der Waals surface area contributed by atoms with Gasteiger partial charge in [-0.05, 0) is 50.3 Å². The van der Waals surface area contributed by atoms with E-state index in [1.54, 1.807) is 19.1 Å². The molecule has 0 radical (unpaired) electrons. The molecular weight excluding hydrogens is 361 g/mol. The van der Waals surface area contributed by atoms with Gasteiger partial charge in [-0.25, -0.2) is 4.39 Å². The summed E-state index contributed by atoms with van der Waals surface area (Å²) >= 11 is 0. The van der Waals surface area contributed by atoms with Crippen LogP contribution in [-0.4, -0.2) is 36.8 Å². The minimum absolute atomic E-state index is 0.0174. The summed E-state index contributed by atoms with van der Waals surface area (Å²) in [7, 11) is 0. The van der Waals surface area contributed by atoms with Gasteiger partial charge in [0, 0.05) is 35.9 Å². The summed E-state index contributed by atoms with van der Waals surface area (Å²) in [5.74, 6) is -1.92. The summed E-state index contributed by atoms with van der Waals surface area (Å²) < 4.78 is 24.6. The number of hydrogen-bond donors (Lipinski definition) is 0. The first kappa shape index (κ1) is 19.0. The molecule has 1 aliphatic carbocycles. The van der Waals surface area contributed by atoms with Crippen LogP contribution in [0.3, 0.4) is 0 Å². The Kier molecular flexibility index (Phi) is 5.40. The summed E-state index contributed by atoms with van der Waals surface area (Å²) in [6.45, 7) is 2.70. The zero-order valence-corrected chi connectivity index (χ0v) is 15.9. The fourth-order valence-electron chi connectivity index (χ4n) is 4.38. The molecule has 1 saturated heterocycles. The minimum Gasteiger partial charge on any atom is -0.462 e. The SMILES string of the molecule is CC1=NC2=C(C(=O)CCC2)[C@H](c2ccc(F)cc2)C1C(=O)OC[C@@H]1CCCO1. The first-order valence-corrected chi connectivity index (χ1v) is 9.89. The lowest BCUT2D eigenvalue weighted by molar-refractivity contribution is -0.149. The Hall–Kier alpha value is -2.34. The zero-order chi connectivity index (χ0) is 19.7. The molecule has 2 aliphatic heterocycles. The Morgan fingerprint density at radius 3 is 2.75 bits per heavy atom. The third-order valence-electron chi connectivity index (χ3n) is 5.75. The van der Waals surface area contributed by atoms with Crippen molar-refractivity contribution < 1.29 is 23.5 Å². The zero-order valence-electron chi connectivity index (χ0n) is 15.9. The van der Waals surface area contributed by atoms with E-state index < -0.39 is 17.8 Å². The molecule has 3 aliphatic rings. The molecule has 2 heterocycles. The molecule has 0 aromatic heterocycles. The standard InChI is InChI=1S/C22H24FNO4/c1-13-19(22(26)28-12-16-4-3-11-27-16)20(14-7-9-15(23)10-8-14)21-17(24-13)5-2-6-18(21)25/h7-10,16,19-20H,2-6,11-12H2,1H3/t16-,19?,20+/m0/s1. The van der Waals surface area contributed by atoms with Crippen LogP contribution < -0.4 is 0 Å². The molecule has 148 valence electrons. The second-order valence-electron chi connectivity index (χ2n) is 7.66. The van der Waals surface area contributed by atoms with Crippen LogP contribution in [0.4, 0.5) is 4.39 Å². The predicted molar refractivity (Wildman–Crippen MR) is 102 cm³/mol. The lowest BCUT2D eigenvalue weighted by atomic mass is 9.72. The van der Waals surface area contributed by atoms with Gasteiger partial charge >= 0.3 is 5.97 Å². The van der Waals surface area contributed by atoms with Gasteiger partial charge in [-0.3, -0.25) is 14.6 Å². The van der Waals surface area contributed by atoms with Crippen LogP contribution in [0.1, 0.15) is 50.5 Å². The molecule has 1 unspecified atom stereocenters. The number of aliphatic imine (C=N–C) groups is 1. The largest absolute Gasteiger partial charge is 0.462 e. The van der Waals surface area contributed by atoms with E-state index in [-0.39, 0.29) is 24.3 Å². The average molecular weight is 385 g/mol. The van der Waals surface area contributed by atoms with E-state index in [1.807, 2.05) is 0 Å². The Balaban J connectivity index is 1.67. The number of halogens is 1. The number of ether oxygens (including phenoxy) is 2. The van der Waals surface area contributed by atoms with Crippen molar-refractivity contribution in [2.45, 2.75) is 51.0 Å². The molecule has 3 atom stereocenters. The highest BCUT2D eigenvalue weighted by molar-refractivity contribution is 6.08. The van der Waals surface area contributed by atoms with Crippen molar-refractivity contribution in [3.63, 3.8) is 0 Å². The van der Waals surface area contributed by atoms with E-state index in [2.05, 4.69) is 4.99 Å². The van der Waals surface area contributed by atoms with Crippen molar-refractivity contribution >= 4 is 17.5 Å². The van der Waals surface area contributed by atoms with Crippen LogP contribution in [0, 0.1) is 11.7 Å². The van der Waals surface area contributed by atoms with Crippen LogP contribution >= 0.6 is 0 Å². The topological polar surface area (TPSA) is 65.0 Å². The van der Waals surface area contributed by atoms with E-state index in [4.69, 9.17) is 9.47 Å². The minimum atomic E-state index is -0.687. The summed E-state index contributed by atoms with van der Waals surface area (Å²) in [6.07, 6.45) is 3.70. The van der Waals surface area contributed by atoms with Gasteiger partial charge in [0.2, 0.25) is 0 Å². The number of Topliss-reactive ketones (excluding diaryl/α,β-unsaturated/α-hetero) is 1. The molecule has 0 spiro atoms. The molecule has 1 fully saturated rings. The van der Waals surface area contributed by atoms with E-state index in [0.717, 1.165) is 30.5 Å². The van der Waals surface area contributed by atoms with Gasteiger partial charge in [-0.2, -0.15) is 0 Å². The number of rotatable bonds is 4. The van der Waals surface area contributed by atoms with Crippen LogP contribution in [0.5, 0.6) is 0 Å². The van der Waals surface area contributed by atoms with Crippen LogP contribution in [0.25, 0.3) is 0 Å². The number of nitrogens with zero attached hydrogens (tertiary/aromatic N) is 1. The molecule has 0 amide bonds. The number of ketones is 1. The van der Waals surface area contributed by atoms with Crippen LogP contribution in [-0.2, 0) is 19.1 Å². The van der Waals surface area contributed by atoms with Crippen molar-refractivity contribution in [2.24, 2.45) is 10.9 Å². The fourth-order valence-corrected chi connectivity index (χ4v) is 4.38. The van der Waals surface area contributed by atoms with Crippen molar-refractivity contribution in [1.29, 1.82) is 0 Å². The lowest BCUT2D eigenvalue weighted by Gasteiger charge is -2.34. The van der Waals surface area contributed by atoms with Gasteiger partial charge in [-0.15, -0.1) is 0 Å². The molecule has 28 heavy (non-hydrogen) atoms. The van der Waals surface area contributed by atoms with E-state index in [0.29, 0.717) is 30.7 Å². The number of benzene rings is 1. The molecule has 0 bridgehead atoms. The summed E-state index contributed by atoms with van der Waals surface area (Å²) in [5.41, 5.74) is 2.71. The smallest absolute Gasteiger partial charge is 0.315 e. The molecule has 5 nitrogen and oxygen atoms in total. The quantitative estimate of drug-likeness (QED) is 0.741. The Morgan fingerprint density at radius 1 is 1.25 bits per heavy atom. The number of allylic oxidation sites excluding steroid dienone is 2. The molecule has 6 heteroatoms. The van der Waals surface area contributed by atoms with Crippen molar-refractivity contribution in [3.8, 4) is 0 Å². The Labute approximate surface area is 163 Å². The number of esters is 1. The van der Waals surface area contributed by atoms with Gasteiger partial charge in [-0.1, -0.05) is 12.1 Å². The van der Waals surface area contributed by atoms with E-state index in [9.17, 15) is 14.0 Å². The summed E-state index contributed by atoms with van der Waals surface area (Å²) in [4.78, 5) is 30.4. The fraction of sp³-hybridized carbons (Fsp3) is 0.500. The molecule has 0 saturated carbocycles. The monoisotopic (exact) mass is 385 g/mol. The van der Waals surface area contributed by atoms with Crippen molar-refractivity contribution in [2.75, 3.05) is 13.2 Å². The predicted octanol–water partition coefficient (Wildman–Crippen LogP) is 3.73. The number of carbonyl (C=O) groups is 2. The average Bonchev–Trinajstić information content (AvgIpc) is 3.19. The second-order valence-corrected chi connectivity index (χ2v) is 7.66. The normalized spacial score (nSPS) is 27.4. The maximum Gasteiger partial charge on any atom is 0.315 e. The molecule has 1 aromatic carbocycles. The maximum atomic E-state index is 13.5. The number of carbonyl (C=O) groups excluding carboxylic acids is 2. The third kappa shape index (κ3) is 3.65. The van der Waals surface area contributed by atoms with Crippen molar-refractivity contribution in [1.82, 2.24) is 0 Å². The molecular formula is C22H24FNO4. The first-order valence-electron chi connectivity index (χ1n) is 9.89. The lowest BCUT2D eigenvalue weighted by Crippen LogP contribution is -2.38. The Bertz CT molecular complexity index is 837. The van der Waals surface area contributed by atoms with Gasteiger partial charge < -0.3 is 9.47 Å². The van der Waals surface area contributed by atoms with Gasteiger partial charge in [0.1, 0.15) is 18.3 Å². The summed E-state index contributed by atoms with van der Waals surface area (Å²) in [6, 6.07) is 6.01. The Morgan fingerprint density at radius 2 is 2.04 bits per heavy atom. The van der Waals surface area contributed by atoms with Gasteiger partial charge in [0.25, 0.3) is 0 Å². The highest BCUT2D eigenvalue weighted by Gasteiger charge is 2.43. The first-order chi connectivity index (χ1) is 13.5. The van der Waals surface area contributed by atoms with Gasteiger partial charge in [0.15, 0.2) is 5.78 Å². The van der Waals surface area contributed by atoms with Crippen molar-refractivity contribution in [3.05, 3.63) is 46.9 Å². The molecule has 1 aromatic rings. The summed E-state index contributed by atoms with van der Waals surface area (Å²) in [5, 5.41) is 0. The molecule has 4 rings (SSSR count). The maximum absolute atomic E-state index is 13.5. The van der Waals surface area contributed by atoms with E-state index >= 15 is 0 Å². The third-order valence-corrected chi connectivity index (χ3v) is 5.75. The highest BCUT2D eigenvalue weighted by Crippen LogP contribution is 2.43. The van der Waals surface area contributed by atoms with E-state index in [1.165, 1.54) is 12.1 Å². The van der Waals surface area contributed by atoms with Crippen LogP contribution in [0.15, 0.2) is 40.5 Å². The highest BCUT2D eigenvalue weighted by atomic mass is 19.1. The van der Waals surface area contributed by atoms with Crippen LogP contribution in [0.2, 0.25) is 0 Å². The second kappa shape index (κ2) is 7.95.